The van der Waals surface area contributed by atoms with Gasteiger partial charge < -0.3 is 10.1 Å². The number of rotatable bonds is 4. The van der Waals surface area contributed by atoms with Crippen LogP contribution in [0.5, 0.6) is 0 Å². The highest BCUT2D eigenvalue weighted by Crippen LogP contribution is 2.15. The molecule has 4 heteroatoms. The average Bonchev–Trinajstić information content (AvgIpc) is 2.28. The SMILES string of the molecule is C=Cc1ccc(C(=O)OC)c(NCC)n1. The summed E-state index contributed by atoms with van der Waals surface area (Å²) in [5, 5.41) is 3.01. The Morgan fingerprint density at radius 2 is 2.40 bits per heavy atom. The van der Waals surface area contributed by atoms with Crippen LogP contribution in [0.3, 0.4) is 0 Å². The molecule has 0 aromatic carbocycles. The fourth-order valence-corrected chi connectivity index (χ4v) is 1.16. The van der Waals surface area contributed by atoms with Gasteiger partial charge in [0.2, 0.25) is 0 Å². The summed E-state index contributed by atoms with van der Waals surface area (Å²) < 4.78 is 4.65. The smallest absolute Gasteiger partial charge is 0.341 e. The van der Waals surface area contributed by atoms with E-state index < -0.39 is 5.97 Å². The summed E-state index contributed by atoms with van der Waals surface area (Å²) in [7, 11) is 1.35. The second kappa shape index (κ2) is 5.14. The molecule has 1 aromatic rings. The van der Waals surface area contributed by atoms with Crippen LogP contribution in [0.15, 0.2) is 18.7 Å². The van der Waals surface area contributed by atoms with E-state index in [1.807, 2.05) is 6.92 Å². The summed E-state index contributed by atoms with van der Waals surface area (Å²) >= 11 is 0. The molecule has 0 saturated carbocycles. The van der Waals surface area contributed by atoms with Crippen molar-refractivity contribution in [2.24, 2.45) is 0 Å². The molecular weight excluding hydrogens is 192 g/mol. The summed E-state index contributed by atoms with van der Waals surface area (Å²) in [6, 6.07) is 3.40. The van der Waals surface area contributed by atoms with Crippen molar-refractivity contribution in [1.29, 1.82) is 0 Å². The van der Waals surface area contributed by atoms with Crippen LogP contribution in [0.2, 0.25) is 0 Å². The van der Waals surface area contributed by atoms with Crippen LogP contribution in [0, 0.1) is 0 Å². The van der Waals surface area contributed by atoms with Crippen LogP contribution in [0.25, 0.3) is 6.08 Å². The number of hydrogen-bond acceptors (Lipinski definition) is 4. The van der Waals surface area contributed by atoms with Crippen molar-refractivity contribution in [3.63, 3.8) is 0 Å². The number of esters is 1. The standard InChI is InChI=1S/C11H14N2O2/c1-4-8-6-7-9(11(14)15-3)10(13-8)12-5-2/h4,6-7H,1,5H2,2-3H3,(H,12,13). The van der Waals surface area contributed by atoms with E-state index in [-0.39, 0.29) is 0 Å². The van der Waals surface area contributed by atoms with E-state index in [9.17, 15) is 4.79 Å². The fourth-order valence-electron chi connectivity index (χ4n) is 1.16. The first-order chi connectivity index (χ1) is 7.22. The van der Waals surface area contributed by atoms with Gasteiger partial charge in [-0.1, -0.05) is 6.58 Å². The molecule has 0 aliphatic carbocycles. The highest BCUT2D eigenvalue weighted by molar-refractivity contribution is 5.94. The summed E-state index contributed by atoms with van der Waals surface area (Å²) in [4.78, 5) is 15.6. The third kappa shape index (κ3) is 2.56. The Balaban J connectivity index is 3.14. The predicted molar refractivity (Wildman–Crippen MR) is 59.8 cm³/mol. The van der Waals surface area contributed by atoms with Crippen LogP contribution in [-0.2, 0) is 4.74 Å². The zero-order chi connectivity index (χ0) is 11.3. The van der Waals surface area contributed by atoms with Crippen molar-refractivity contribution >= 4 is 17.9 Å². The first-order valence-corrected chi connectivity index (χ1v) is 4.68. The van der Waals surface area contributed by atoms with Crippen molar-refractivity contribution in [2.75, 3.05) is 19.0 Å². The third-order valence-electron chi connectivity index (χ3n) is 1.88. The normalized spacial score (nSPS) is 9.47. The van der Waals surface area contributed by atoms with Gasteiger partial charge in [0.1, 0.15) is 11.4 Å². The highest BCUT2D eigenvalue weighted by atomic mass is 16.5. The van der Waals surface area contributed by atoms with Crippen LogP contribution in [-0.4, -0.2) is 24.6 Å². The number of carbonyl (C=O) groups excluding carboxylic acids is 1. The largest absolute Gasteiger partial charge is 0.465 e. The topological polar surface area (TPSA) is 51.2 Å². The van der Waals surface area contributed by atoms with Gasteiger partial charge in [0, 0.05) is 6.54 Å². The second-order valence-corrected chi connectivity index (χ2v) is 2.86. The fraction of sp³-hybridized carbons (Fsp3) is 0.273. The Kier molecular flexibility index (Phi) is 3.85. The lowest BCUT2D eigenvalue weighted by atomic mass is 10.2. The molecule has 0 fully saturated rings. The second-order valence-electron chi connectivity index (χ2n) is 2.86. The highest BCUT2D eigenvalue weighted by Gasteiger charge is 2.12. The number of ether oxygens (including phenoxy) is 1. The van der Waals surface area contributed by atoms with E-state index >= 15 is 0 Å². The minimum absolute atomic E-state index is 0.394. The van der Waals surface area contributed by atoms with Gasteiger partial charge in [-0.3, -0.25) is 0 Å². The molecule has 0 aliphatic rings. The van der Waals surface area contributed by atoms with E-state index in [0.717, 1.165) is 5.69 Å². The quantitative estimate of drug-likeness (QED) is 0.765. The van der Waals surface area contributed by atoms with Gasteiger partial charge in [0.05, 0.1) is 12.8 Å². The van der Waals surface area contributed by atoms with Gasteiger partial charge in [0.25, 0.3) is 0 Å². The van der Waals surface area contributed by atoms with Gasteiger partial charge in [-0.15, -0.1) is 0 Å². The number of carbonyl (C=O) groups is 1. The van der Waals surface area contributed by atoms with Crippen LogP contribution < -0.4 is 5.32 Å². The lowest BCUT2D eigenvalue weighted by Gasteiger charge is -2.08. The zero-order valence-corrected chi connectivity index (χ0v) is 8.91. The van der Waals surface area contributed by atoms with Gasteiger partial charge in [-0.2, -0.15) is 0 Å². The summed E-state index contributed by atoms with van der Waals surface area (Å²) in [5.41, 5.74) is 1.16. The van der Waals surface area contributed by atoms with Crippen molar-refractivity contribution in [3.05, 3.63) is 30.0 Å². The minimum Gasteiger partial charge on any atom is -0.465 e. The van der Waals surface area contributed by atoms with Gasteiger partial charge >= 0.3 is 5.97 Å². The number of nitrogens with one attached hydrogen (secondary N) is 1. The van der Waals surface area contributed by atoms with Gasteiger partial charge in [0.15, 0.2) is 0 Å². The molecule has 0 saturated heterocycles. The zero-order valence-electron chi connectivity index (χ0n) is 8.91. The van der Waals surface area contributed by atoms with Gasteiger partial charge in [-0.25, -0.2) is 9.78 Å². The molecule has 0 bridgehead atoms. The van der Waals surface area contributed by atoms with E-state index in [4.69, 9.17) is 0 Å². The minimum atomic E-state index is -0.394. The maximum absolute atomic E-state index is 11.4. The number of hydrogen-bond donors (Lipinski definition) is 1. The van der Waals surface area contributed by atoms with E-state index in [2.05, 4.69) is 21.6 Å². The molecule has 0 amide bonds. The number of nitrogens with zero attached hydrogens (tertiary/aromatic N) is 1. The maximum atomic E-state index is 11.4. The van der Waals surface area contributed by atoms with Crippen molar-refractivity contribution in [3.8, 4) is 0 Å². The molecule has 1 heterocycles. The lowest BCUT2D eigenvalue weighted by Crippen LogP contribution is -2.10. The molecule has 0 spiro atoms. The molecule has 0 atom stereocenters. The molecule has 1 N–H and O–H groups in total. The van der Waals surface area contributed by atoms with Crippen molar-refractivity contribution < 1.29 is 9.53 Å². The van der Waals surface area contributed by atoms with E-state index in [0.29, 0.717) is 17.9 Å². The molecular formula is C11H14N2O2. The Labute approximate surface area is 89.0 Å². The third-order valence-corrected chi connectivity index (χ3v) is 1.88. The molecule has 0 aliphatic heterocycles. The van der Waals surface area contributed by atoms with Crippen LogP contribution in [0.4, 0.5) is 5.82 Å². The van der Waals surface area contributed by atoms with Crippen molar-refractivity contribution in [2.45, 2.75) is 6.92 Å². The Morgan fingerprint density at radius 1 is 1.67 bits per heavy atom. The molecule has 4 nitrogen and oxygen atoms in total. The first kappa shape index (κ1) is 11.2. The molecule has 1 aromatic heterocycles. The first-order valence-electron chi connectivity index (χ1n) is 4.68. The number of methoxy groups -OCH3 is 1. The summed E-state index contributed by atoms with van der Waals surface area (Å²) in [5.74, 6) is 0.135. The Bertz CT molecular complexity index is 375. The number of anilines is 1. The molecule has 0 radical (unpaired) electrons. The van der Waals surface area contributed by atoms with Crippen molar-refractivity contribution in [1.82, 2.24) is 4.98 Å². The average molecular weight is 206 g/mol. The predicted octanol–water partition coefficient (Wildman–Crippen LogP) is 1.94. The molecule has 0 unspecified atom stereocenters. The summed E-state index contributed by atoms with van der Waals surface area (Å²) in [6.45, 7) is 6.25. The Morgan fingerprint density at radius 3 is 2.93 bits per heavy atom. The monoisotopic (exact) mass is 206 g/mol. The number of aromatic nitrogens is 1. The summed E-state index contributed by atoms with van der Waals surface area (Å²) in [6.07, 6.45) is 1.63. The van der Waals surface area contributed by atoms with Gasteiger partial charge in [-0.05, 0) is 25.1 Å². The number of pyridine rings is 1. The Hall–Kier alpha value is -1.84. The molecule has 15 heavy (non-hydrogen) atoms. The van der Waals surface area contributed by atoms with E-state index in [1.54, 1.807) is 18.2 Å². The van der Waals surface area contributed by atoms with Crippen LogP contribution >= 0.6 is 0 Å². The van der Waals surface area contributed by atoms with Crippen LogP contribution in [0.1, 0.15) is 23.0 Å². The molecule has 80 valence electrons. The van der Waals surface area contributed by atoms with E-state index in [1.165, 1.54) is 7.11 Å². The molecule has 1 rings (SSSR count). The lowest BCUT2D eigenvalue weighted by molar-refractivity contribution is 0.0601. The maximum Gasteiger partial charge on any atom is 0.341 e.